The Labute approximate surface area is 152 Å². The first-order valence-electron chi connectivity index (χ1n) is 7.69. The fraction of sp³-hybridized carbons (Fsp3) is 0.316. The van der Waals surface area contributed by atoms with Crippen molar-refractivity contribution in [2.24, 2.45) is 10.9 Å². The Bertz CT molecular complexity index is 774. The zero-order chi connectivity index (χ0) is 17.7. The lowest BCUT2D eigenvalue weighted by Gasteiger charge is -2.30. The number of hydrogen-bond acceptors (Lipinski definition) is 4. The standard InChI is InChI=1S/C19H19ClN2OS/c1-4-5-10-24-19-15(11-21)18(14-8-6-7-9-16(14)20)17(13(3)23)12(2)22-19/h4-9,15,18H,10H2,1-3H3/b5-4+/t15?,18-/m1/s1. The van der Waals surface area contributed by atoms with Crippen molar-refractivity contribution in [2.75, 3.05) is 5.75 Å². The number of carbonyl (C=O) groups is 1. The summed E-state index contributed by atoms with van der Waals surface area (Å²) >= 11 is 7.90. The number of benzene rings is 1. The monoisotopic (exact) mass is 358 g/mol. The Hall–Kier alpha value is -1.83. The number of rotatable bonds is 4. The lowest BCUT2D eigenvalue weighted by atomic mass is 9.77. The van der Waals surface area contributed by atoms with Gasteiger partial charge in [0.15, 0.2) is 5.78 Å². The van der Waals surface area contributed by atoms with Gasteiger partial charge in [-0.2, -0.15) is 5.26 Å². The summed E-state index contributed by atoms with van der Waals surface area (Å²) in [5, 5.41) is 11.1. The number of aliphatic imine (C=N–C) groups is 1. The van der Waals surface area contributed by atoms with Crippen molar-refractivity contribution in [3.8, 4) is 6.07 Å². The summed E-state index contributed by atoms with van der Waals surface area (Å²) in [5.41, 5.74) is 2.04. The van der Waals surface area contributed by atoms with E-state index in [-0.39, 0.29) is 11.7 Å². The minimum Gasteiger partial charge on any atom is -0.295 e. The molecule has 1 aliphatic rings. The van der Waals surface area contributed by atoms with Gasteiger partial charge in [0, 0.05) is 28.0 Å². The van der Waals surface area contributed by atoms with Gasteiger partial charge in [0.1, 0.15) is 5.92 Å². The van der Waals surface area contributed by atoms with E-state index in [1.54, 1.807) is 6.07 Å². The number of thioether (sulfide) groups is 1. The first-order chi connectivity index (χ1) is 11.5. The maximum absolute atomic E-state index is 12.2. The number of carbonyl (C=O) groups excluding carboxylic acids is 1. The van der Waals surface area contributed by atoms with Gasteiger partial charge in [-0.25, -0.2) is 4.99 Å². The van der Waals surface area contributed by atoms with E-state index >= 15 is 0 Å². The number of nitrogens with zero attached hydrogens (tertiary/aromatic N) is 2. The molecule has 24 heavy (non-hydrogen) atoms. The molecule has 0 N–H and O–H groups in total. The van der Waals surface area contributed by atoms with Crippen LogP contribution in [0.4, 0.5) is 0 Å². The van der Waals surface area contributed by atoms with E-state index in [4.69, 9.17) is 11.6 Å². The smallest absolute Gasteiger partial charge is 0.158 e. The number of Topliss-reactive ketones (excluding diaryl/α,β-unsaturated/α-hetero) is 1. The molecule has 124 valence electrons. The Balaban J connectivity index is 2.57. The molecule has 1 aromatic carbocycles. The van der Waals surface area contributed by atoms with E-state index in [1.807, 2.05) is 44.2 Å². The highest BCUT2D eigenvalue weighted by Crippen LogP contribution is 2.43. The zero-order valence-electron chi connectivity index (χ0n) is 13.9. The highest BCUT2D eigenvalue weighted by atomic mass is 35.5. The molecule has 0 radical (unpaired) electrons. The number of ketones is 1. The zero-order valence-corrected chi connectivity index (χ0v) is 15.5. The van der Waals surface area contributed by atoms with Gasteiger partial charge in [-0.05, 0) is 32.4 Å². The van der Waals surface area contributed by atoms with Crippen LogP contribution in [-0.2, 0) is 4.79 Å². The second-order valence-electron chi connectivity index (χ2n) is 5.49. The van der Waals surface area contributed by atoms with E-state index in [0.717, 1.165) is 16.4 Å². The second-order valence-corrected chi connectivity index (χ2v) is 6.94. The highest BCUT2D eigenvalue weighted by molar-refractivity contribution is 8.14. The molecule has 0 spiro atoms. The first kappa shape index (κ1) is 18.5. The quantitative estimate of drug-likeness (QED) is 0.699. The maximum Gasteiger partial charge on any atom is 0.158 e. The lowest BCUT2D eigenvalue weighted by Crippen LogP contribution is -2.28. The molecular weight excluding hydrogens is 340 g/mol. The largest absolute Gasteiger partial charge is 0.295 e. The van der Waals surface area contributed by atoms with Crippen LogP contribution in [-0.4, -0.2) is 16.6 Å². The van der Waals surface area contributed by atoms with Crippen molar-refractivity contribution in [2.45, 2.75) is 26.7 Å². The minimum absolute atomic E-state index is 0.0704. The van der Waals surface area contributed by atoms with Crippen LogP contribution < -0.4 is 0 Å². The predicted molar refractivity (Wildman–Crippen MR) is 101 cm³/mol. The molecule has 5 heteroatoms. The van der Waals surface area contributed by atoms with Gasteiger partial charge in [-0.15, -0.1) is 11.8 Å². The van der Waals surface area contributed by atoms with E-state index in [1.165, 1.54) is 18.7 Å². The molecule has 1 aliphatic heterocycles. The Morgan fingerprint density at radius 1 is 1.46 bits per heavy atom. The molecule has 2 rings (SSSR count). The predicted octanol–water partition coefficient (Wildman–Crippen LogP) is 5.15. The number of hydrogen-bond donors (Lipinski definition) is 0. The van der Waals surface area contributed by atoms with E-state index in [0.29, 0.717) is 16.3 Å². The van der Waals surface area contributed by atoms with Crippen LogP contribution in [0.1, 0.15) is 32.3 Å². The molecule has 0 aromatic heterocycles. The number of nitriles is 1. The van der Waals surface area contributed by atoms with Crippen LogP contribution >= 0.6 is 23.4 Å². The van der Waals surface area contributed by atoms with Crippen molar-refractivity contribution in [3.05, 3.63) is 58.3 Å². The van der Waals surface area contributed by atoms with Crippen molar-refractivity contribution in [3.63, 3.8) is 0 Å². The average molecular weight is 359 g/mol. The van der Waals surface area contributed by atoms with Crippen LogP contribution in [0.25, 0.3) is 0 Å². The summed E-state index contributed by atoms with van der Waals surface area (Å²) in [5.74, 6) is -0.223. The van der Waals surface area contributed by atoms with E-state index in [2.05, 4.69) is 11.1 Å². The Kier molecular flexibility index (Phi) is 6.42. The Morgan fingerprint density at radius 3 is 2.75 bits per heavy atom. The maximum atomic E-state index is 12.2. The van der Waals surface area contributed by atoms with Crippen molar-refractivity contribution < 1.29 is 4.79 Å². The molecule has 0 bridgehead atoms. The second kappa shape index (κ2) is 8.32. The third-order valence-electron chi connectivity index (χ3n) is 3.90. The van der Waals surface area contributed by atoms with Gasteiger partial charge in [-0.1, -0.05) is 42.0 Å². The molecular formula is C19H19ClN2OS. The van der Waals surface area contributed by atoms with Gasteiger partial charge >= 0.3 is 0 Å². The van der Waals surface area contributed by atoms with Gasteiger partial charge < -0.3 is 0 Å². The summed E-state index contributed by atoms with van der Waals surface area (Å²) in [6, 6.07) is 9.73. The Morgan fingerprint density at radius 2 is 2.17 bits per heavy atom. The molecule has 0 amide bonds. The van der Waals surface area contributed by atoms with Gasteiger partial charge in [0.25, 0.3) is 0 Å². The van der Waals surface area contributed by atoms with Crippen molar-refractivity contribution in [1.29, 1.82) is 5.26 Å². The number of halogens is 1. The van der Waals surface area contributed by atoms with Gasteiger partial charge in [0.2, 0.25) is 0 Å². The molecule has 0 saturated heterocycles. The summed E-state index contributed by atoms with van der Waals surface area (Å²) in [6.07, 6.45) is 3.98. The molecule has 2 atom stereocenters. The lowest BCUT2D eigenvalue weighted by molar-refractivity contribution is -0.114. The van der Waals surface area contributed by atoms with Crippen LogP contribution in [0, 0.1) is 17.2 Å². The number of allylic oxidation sites excluding steroid dienone is 3. The summed E-state index contributed by atoms with van der Waals surface area (Å²) < 4.78 is 0. The van der Waals surface area contributed by atoms with E-state index in [9.17, 15) is 10.1 Å². The topological polar surface area (TPSA) is 53.2 Å². The third-order valence-corrected chi connectivity index (χ3v) is 5.24. The van der Waals surface area contributed by atoms with Crippen LogP contribution in [0.5, 0.6) is 0 Å². The summed E-state index contributed by atoms with van der Waals surface area (Å²) in [4.78, 5) is 16.8. The molecule has 0 saturated carbocycles. The van der Waals surface area contributed by atoms with Crippen LogP contribution in [0.2, 0.25) is 5.02 Å². The molecule has 1 unspecified atom stereocenters. The molecule has 0 aliphatic carbocycles. The summed E-state index contributed by atoms with van der Waals surface area (Å²) in [6.45, 7) is 5.30. The van der Waals surface area contributed by atoms with Crippen molar-refractivity contribution >= 4 is 34.2 Å². The highest BCUT2D eigenvalue weighted by Gasteiger charge is 2.38. The normalized spacial score (nSPS) is 20.9. The van der Waals surface area contributed by atoms with Crippen LogP contribution in [0.15, 0.2) is 52.7 Å². The molecule has 3 nitrogen and oxygen atoms in total. The third kappa shape index (κ3) is 3.80. The van der Waals surface area contributed by atoms with Gasteiger partial charge in [-0.3, -0.25) is 4.79 Å². The average Bonchev–Trinajstić information content (AvgIpc) is 2.54. The first-order valence-corrected chi connectivity index (χ1v) is 9.05. The fourth-order valence-electron chi connectivity index (χ4n) is 2.85. The van der Waals surface area contributed by atoms with Crippen LogP contribution in [0.3, 0.4) is 0 Å². The molecule has 1 aromatic rings. The molecule has 0 fully saturated rings. The van der Waals surface area contributed by atoms with Gasteiger partial charge in [0.05, 0.1) is 11.1 Å². The summed E-state index contributed by atoms with van der Waals surface area (Å²) in [7, 11) is 0. The van der Waals surface area contributed by atoms with Crippen molar-refractivity contribution in [1.82, 2.24) is 0 Å². The SMILES string of the molecule is C/C=C/CSC1=NC(C)=C(C(C)=O)[C@H](c2ccccc2Cl)C1C#N. The van der Waals surface area contributed by atoms with E-state index < -0.39 is 5.92 Å². The molecule has 1 heterocycles. The fourth-order valence-corrected chi connectivity index (χ4v) is 4.13. The minimum atomic E-state index is -0.511.